The van der Waals surface area contributed by atoms with Crippen molar-refractivity contribution in [1.29, 1.82) is 0 Å². The van der Waals surface area contributed by atoms with E-state index >= 15 is 0 Å². The highest BCUT2D eigenvalue weighted by Gasteiger charge is 2.23. The largest absolute Gasteiger partial charge is 0.268 e. The van der Waals surface area contributed by atoms with E-state index in [-0.39, 0.29) is 5.56 Å². The summed E-state index contributed by atoms with van der Waals surface area (Å²) in [5, 5.41) is 3.10. The first-order valence-corrected chi connectivity index (χ1v) is 12.8. The molecule has 0 spiro atoms. The highest BCUT2D eigenvalue weighted by molar-refractivity contribution is 7.98. The van der Waals surface area contributed by atoms with Crippen molar-refractivity contribution in [2.24, 2.45) is 0 Å². The van der Waals surface area contributed by atoms with Crippen molar-refractivity contribution >= 4 is 68.1 Å². The number of halogens is 3. The van der Waals surface area contributed by atoms with Crippen molar-refractivity contribution in [1.82, 2.24) is 9.55 Å². The molecule has 0 amide bonds. The first-order valence-electron chi connectivity index (χ1n) is 9.91. The van der Waals surface area contributed by atoms with Crippen LogP contribution in [-0.2, 0) is 18.6 Å². The van der Waals surface area contributed by atoms with E-state index in [9.17, 15) is 4.79 Å². The van der Waals surface area contributed by atoms with Crippen LogP contribution in [0.4, 0.5) is 0 Å². The van der Waals surface area contributed by atoms with Gasteiger partial charge in [0.25, 0.3) is 5.56 Å². The molecule has 3 nitrogen and oxygen atoms in total. The van der Waals surface area contributed by atoms with Gasteiger partial charge in [-0.1, -0.05) is 52.6 Å². The Morgan fingerprint density at radius 1 is 1.00 bits per heavy atom. The summed E-state index contributed by atoms with van der Waals surface area (Å²) in [5.41, 5.74) is 2.95. The first-order chi connectivity index (χ1) is 15.0. The summed E-state index contributed by atoms with van der Waals surface area (Å²) in [5.74, 6) is 0.619. The Morgan fingerprint density at radius 2 is 1.77 bits per heavy atom. The maximum atomic E-state index is 13.7. The van der Waals surface area contributed by atoms with Gasteiger partial charge in [-0.3, -0.25) is 9.36 Å². The van der Waals surface area contributed by atoms with Crippen LogP contribution in [-0.4, -0.2) is 9.55 Å². The Bertz CT molecular complexity index is 1350. The van der Waals surface area contributed by atoms with Crippen molar-refractivity contribution < 1.29 is 0 Å². The molecular formula is C23H17Cl3N2OS2. The maximum Gasteiger partial charge on any atom is 0.267 e. The molecule has 158 valence electrons. The summed E-state index contributed by atoms with van der Waals surface area (Å²) in [4.78, 5) is 20.8. The second kappa shape index (κ2) is 8.80. The molecule has 5 rings (SSSR count). The molecule has 0 fully saturated rings. The fourth-order valence-corrected chi connectivity index (χ4v) is 6.58. The minimum atomic E-state index is -0.0108. The Balaban J connectivity index is 1.64. The molecule has 0 saturated carbocycles. The topological polar surface area (TPSA) is 34.9 Å². The predicted octanol–water partition coefficient (Wildman–Crippen LogP) is 7.58. The third kappa shape index (κ3) is 4.14. The molecule has 31 heavy (non-hydrogen) atoms. The van der Waals surface area contributed by atoms with Crippen molar-refractivity contribution in [3.63, 3.8) is 0 Å². The fourth-order valence-electron chi connectivity index (χ4n) is 3.88. The van der Waals surface area contributed by atoms with Crippen LogP contribution in [0.5, 0.6) is 0 Å². The lowest BCUT2D eigenvalue weighted by molar-refractivity contribution is 0.699. The molecule has 0 unspecified atom stereocenters. The van der Waals surface area contributed by atoms with Crippen LogP contribution in [0.2, 0.25) is 15.1 Å². The summed E-state index contributed by atoms with van der Waals surface area (Å²) in [7, 11) is 0. The normalized spacial score (nSPS) is 13.5. The van der Waals surface area contributed by atoms with Crippen LogP contribution < -0.4 is 5.56 Å². The van der Waals surface area contributed by atoms with E-state index in [4.69, 9.17) is 39.8 Å². The number of nitrogens with zero attached hydrogens (tertiary/aromatic N) is 2. The molecule has 2 heterocycles. The lowest BCUT2D eigenvalue weighted by Crippen LogP contribution is -2.22. The minimum absolute atomic E-state index is 0.0108. The summed E-state index contributed by atoms with van der Waals surface area (Å²) in [6.07, 6.45) is 4.27. The van der Waals surface area contributed by atoms with Gasteiger partial charge in [0, 0.05) is 15.7 Å². The van der Waals surface area contributed by atoms with E-state index in [0.29, 0.717) is 26.0 Å². The summed E-state index contributed by atoms with van der Waals surface area (Å²) >= 11 is 21.5. The Hall–Kier alpha value is -1.50. The van der Waals surface area contributed by atoms with Gasteiger partial charge in [0.1, 0.15) is 4.83 Å². The molecule has 0 atom stereocenters. The van der Waals surface area contributed by atoms with Gasteiger partial charge in [-0.2, -0.15) is 0 Å². The van der Waals surface area contributed by atoms with Crippen LogP contribution in [0.3, 0.4) is 0 Å². The summed E-state index contributed by atoms with van der Waals surface area (Å²) < 4.78 is 1.71. The van der Waals surface area contributed by atoms with Crippen LogP contribution in [0.15, 0.2) is 52.4 Å². The lowest BCUT2D eigenvalue weighted by Gasteiger charge is -2.14. The predicted molar refractivity (Wildman–Crippen MR) is 133 cm³/mol. The fraction of sp³-hybridized carbons (Fsp3) is 0.217. The number of fused-ring (bicyclic) bond motifs is 3. The van der Waals surface area contributed by atoms with Gasteiger partial charge in [-0.15, -0.1) is 11.3 Å². The molecule has 0 aliphatic heterocycles. The molecule has 0 N–H and O–H groups in total. The molecule has 4 aromatic rings. The van der Waals surface area contributed by atoms with Gasteiger partial charge < -0.3 is 0 Å². The van der Waals surface area contributed by atoms with Gasteiger partial charge >= 0.3 is 0 Å². The van der Waals surface area contributed by atoms with Crippen molar-refractivity contribution in [3.05, 3.63) is 83.9 Å². The van der Waals surface area contributed by atoms with Crippen LogP contribution in [0.1, 0.15) is 28.8 Å². The van der Waals surface area contributed by atoms with Crippen molar-refractivity contribution in [3.8, 4) is 5.69 Å². The number of benzene rings is 2. The average molecular weight is 508 g/mol. The third-order valence-electron chi connectivity index (χ3n) is 5.39. The van der Waals surface area contributed by atoms with Crippen LogP contribution in [0, 0.1) is 0 Å². The molecular weight excluding hydrogens is 491 g/mol. The van der Waals surface area contributed by atoms with E-state index in [1.54, 1.807) is 34.1 Å². The minimum Gasteiger partial charge on any atom is -0.268 e. The zero-order valence-corrected chi connectivity index (χ0v) is 20.2. The van der Waals surface area contributed by atoms with Crippen LogP contribution >= 0.6 is 57.9 Å². The Labute approximate surface area is 203 Å². The number of hydrogen-bond donors (Lipinski definition) is 0. The average Bonchev–Trinajstić information content (AvgIpc) is 3.14. The smallest absolute Gasteiger partial charge is 0.267 e. The van der Waals surface area contributed by atoms with E-state index in [0.717, 1.165) is 40.7 Å². The first kappa shape index (κ1) is 21.4. The van der Waals surface area contributed by atoms with E-state index in [1.165, 1.54) is 28.6 Å². The third-order valence-corrected chi connectivity index (χ3v) is 8.58. The highest BCUT2D eigenvalue weighted by atomic mass is 35.5. The maximum absolute atomic E-state index is 13.7. The Morgan fingerprint density at radius 3 is 2.55 bits per heavy atom. The van der Waals surface area contributed by atoms with Gasteiger partial charge in [-0.05, 0) is 73.2 Å². The van der Waals surface area contributed by atoms with Gasteiger partial charge in [0.2, 0.25) is 0 Å². The van der Waals surface area contributed by atoms with Gasteiger partial charge in [0.05, 0.1) is 21.1 Å². The second-order valence-corrected chi connectivity index (χ2v) is 10.7. The molecule has 2 aromatic carbocycles. The summed E-state index contributed by atoms with van der Waals surface area (Å²) in [6.45, 7) is 0. The van der Waals surface area contributed by atoms with Gasteiger partial charge in [-0.25, -0.2) is 4.98 Å². The van der Waals surface area contributed by atoms with E-state index < -0.39 is 0 Å². The monoisotopic (exact) mass is 506 g/mol. The molecule has 0 saturated heterocycles. The van der Waals surface area contributed by atoms with Crippen molar-refractivity contribution in [2.45, 2.75) is 36.6 Å². The number of aryl methyl sites for hydroxylation is 2. The Kier molecular flexibility index (Phi) is 6.06. The van der Waals surface area contributed by atoms with E-state index in [1.807, 2.05) is 24.3 Å². The lowest BCUT2D eigenvalue weighted by atomic mass is 9.97. The molecule has 2 aromatic heterocycles. The summed E-state index contributed by atoms with van der Waals surface area (Å²) in [6, 6.07) is 12.9. The molecule has 0 bridgehead atoms. The van der Waals surface area contributed by atoms with Crippen LogP contribution in [0.25, 0.3) is 15.9 Å². The second-order valence-electron chi connectivity index (χ2n) is 7.44. The van der Waals surface area contributed by atoms with Gasteiger partial charge in [0.15, 0.2) is 5.16 Å². The molecule has 0 radical (unpaired) electrons. The zero-order valence-electron chi connectivity index (χ0n) is 16.3. The highest BCUT2D eigenvalue weighted by Crippen LogP contribution is 2.36. The number of aromatic nitrogens is 2. The van der Waals surface area contributed by atoms with E-state index in [2.05, 4.69) is 0 Å². The molecule has 8 heteroatoms. The zero-order chi connectivity index (χ0) is 21.5. The number of thiophene rings is 1. The van der Waals surface area contributed by atoms with Crippen molar-refractivity contribution in [2.75, 3.05) is 0 Å². The molecule has 1 aliphatic rings. The SMILES string of the molecule is O=c1c2c3c(sc2nc(SCc2ccc(Cl)c(Cl)c2)n1-c1ccc(Cl)cc1)CCCC3. The standard InChI is InChI=1S/C23H17Cl3N2OS2/c24-14-6-8-15(9-7-14)28-22(29)20-16-3-1-2-4-19(16)31-21(20)27-23(28)30-12-13-5-10-17(25)18(26)11-13/h5-11H,1-4,12H2. The number of rotatable bonds is 4. The number of thioether (sulfide) groups is 1. The molecule has 1 aliphatic carbocycles. The quantitative estimate of drug-likeness (QED) is 0.211. The number of hydrogen-bond acceptors (Lipinski definition) is 4.